The van der Waals surface area contributed by atoms with E-state index in [0.717, 1.165) is 0 Å². The van der Waals surface area contributed by atoms with Gasteiger partial charge in [-0.05, 0) is 38.4 Å². The molecule has 2 aromatic rings. The number of benzene rings is 1. The Bertz CT molecular complexity index is 783. The molecule has 0 bridgehead atoms. The maximum Gasteiger partial charge on any atom is 0.328 e. The summed E-state index contributed by atoms with van der Waals surface area (Å²) in [5, 5.41) is 19.2. The van der Waals surface area contributed by atoms with E-state index >= 15 is 0 Å². The van der Waals surface area contributed by atoms with Gasteiger partial charge in [-0.1, -0.05) is 5.16 Å². The van der Waals surface area contributed by atoms with Crippen molar-refractivity contribution in [3.63, 3.8) is 0 Å². The lowest BCUT2D eigenvalue weighted by Crippen LogP contribution is -2.11. The summed E-state index contributed by atoms with van der Waals surface area (Å²) in [6.45, 7) is 0.462. The van der Waals surface area contributed by atoms with Crippen molar-refractivity contribution < 1.29 is 33.5 Å². The molecule has 0 spiro atoms. The molecule has 1 aromatic heterocycles. The average Bonchev–Trinajstić information content (AvgIpc) is 3.01. The highest BCUT2D eigenvalue weighted by Crippen LogP contribution is 2.09. The molecular weight excluding hydrogens is 349 g/mol. The number of rotatable bonds is 6. The lowest BCUT2D eigenvalue weighted by atomic mass is 10.1. The number of carboxylic acids is 2. The van der Waals surface area contributed by atoms with Crippen molar-refractivity contribution in [2.45, 2.75) is 6.54 Å². The summed E-state index contributed by atoms with van der Waals surface area (Å²) in [7, 11) is 3.71. The molecule has 1 aromatic carbocycles. The minimum Gasteiger partial charge on any atom is -0.478 e. The zero-order chi connectivity index (χ0) is 19.7. The van der Waals surface area contributed by atoms with Gasteiger partial charge in [0.2, 0.25) is 17.5 Å². The molecule has 10 heteroatoms. The van der Waals surface area contributed by atoms with Crippen molar-refractivity contribution in [3.8, 4) is 0 Å². The summed E-state index contributed by atoms with van der Waals surface area (Å²) >= 11 is 0. The molecule has 2 rings (SSSR count). The molecule has 2 N–H and O–H groups in total. The van der Waals surface area contributed by atoms with Gasteiger partial charge in [-0.2, -0.15) is 4.98 Å². The molecule has 26 heavy (non-hydrogen) atoms. The first-order valence-electron chi connectivity index (χ1n) is 7.10. The quantitative estimate of drug-likeness (QED) is 0.572. The molecule has 0 atom stereocenters. The molecule has 0 unspecified atom stereocenters. The molecule has 0 aliphatic carbocycles. The number of carbonyl (C=O) groups excluding carboxylic acids is 1. The summed E-state index contributed by atoms with van der Waals surface area (Å²) < 4.78 is 17.7. The maximum absolute atomic E-state index is 12.7. The van der Waals surface area contributed by atoms with E-state index in [2.05, 4.69) is 10.1 Å². The number of carbonyl (C=O) groups is 3. The Labute approximate surface area is 147 Å². The van der Waals surface area contributed by atoms with Crippen LogP contribution in [0.3, 0.4) is 0 Å². The van der Waals surface area contributed by atoms with Crippen molar-refractivity contribution in [1.29, 1.82) is 0 Å². The lowest BCUT2D eigenvalue weighted by molar-refractivity contribution is -0.134. The first kappa shape index (κ1) is 20.6. The van der Waals surface area contributed by atoms with Crippen LogP contribution in [-0.2, 0) is 16.1 Å². The Morgan fingerprint density at radius 1 is 1.12 bits per heavy atom. The van der Waals surface area contributed by atoms with Crippen LogP contribution in [-0.4, -0.2) is 57.1 Å². The first-order chi connectivity index (χ1) is 12.2. The van der Waals surface area contributed by atoms with Crippen LogP contribution in [0.5, 0.6) is 0 Å². The van der Waals surface area contributed by atoms with E-state index in [0.29, 0.717) is 30.2 Å². The van der Waals surface area contributed by atoms with Crippen LogP contribution in [0.2, 0.25) is 0 Å². The number of nitrogens with zero attached hydrogens (tertiary/aromatic N) is 3. The number of hydrogen-bond acceptors (Lipinski definition) is 7. The predicted molar refractivity (Wildman–Crippen MR) is 85.9 cm³/mol. The van der Waals surface area contributed by atoms with E-state index in [4.69, 9.17) is 14.7 Å². The normalized spacial score (nSPS) is 10.5. The SMILES string of the molecule is CN(C)Cc1nc(C(=O)c2ccc(F)cc2)no1.O=C(O)C=CC(=O)O. The summed E-state index contributed by atoms with van der Waals surface area (Å²) in [4.78, 5) is 36.9. The highest BCUT2D eigenvalue weighted by molar-refractivity contribution is 6.06. The summed E-state index contributed by atoms with van der Waals surface area (Å²) in [5.41, 5.74) is 0.327. The molecule has 138 valence electrons. The van der Waals surface area contributed by atoms with Gasteiger partial charge in [-0.25, -0.2) is 14.0 Å². The fraction of sp³-hybridized carbons (Fsp3) is 0.188. The van der Waals surface area contributed by atoms with Crippen LogP contribution in [0.15, 0.2) is 40.9 Å². The second-order valence-corrected chi connectivity index (χ2v) is 5.10. The molecule has 0 radical (unpaired) electrons. The Morgan fingerprint density at radius 3 is 2.12 bits per heavy atom. The third kappa shape index (κ3) is 7.45. The van der Waals surface area contributed by atoms with E-state index in [-0.39, 0.29) is 11.6 Å². The Morgan fingerprint density at radius 2 is 1.65 bits per heavy atom. The highest BCUT2D eigenvalue weighted by atomic mass is 19.1. The average molecular weight is 365 g/mol. The van der Waals surface area contributed by atoms with Gasteiger partial charge in [-0.15, -0.1) is 0 Å². The zero-order valence-electron chi connectivity index (χ0n) is 13.9. The molecule has 0 fully saturated rings. The van der Waals surface area contributed by atoms with Crippen molar-refractivity contribution in [3.05, 3.63) is 59.5 Å². The Balaban J connectivity index is 0.000000359. The molecule has 0 aliphatic rings. The maximum atomic E-state index is 12.7. The van der Waals surface area contributed by atoms with E-state index < -0.39 is 17.8 Å². The third-order valence-electron chi connectivity index (χ3n) is 2.60. The Hall–Kier alpha value is -3.40. The van der Waals surface area contributed by atoms with Gasteiger partial charge in [0.15, 0.2) is 0 Å². The number of halogens is 1. The van der Waals surface area contributed by atoms with Crippen LogP contribution in [0, 0.1) is 5.82 Å². The summed E-state index contributed by atoms with van der Waals surface area (Å²) in [6, 6.07) is 5.21. The monoisotopic (exact) mass is 365 g/mol. The number of carboxylic acid groups (broad SMARTS) is 2. The van der Waals surface area contributed by atoms with E-state index in [1.165, 1.54) is 24.3 Å². The zero-order valence-corrected chi connectivity index (χ0v) is 13.9. The summed E-state index contributed by atoms with van der Waals surface area (Å²) in [5.74, 6) is -2.94. The van der Waals surface area contributed by atoms with E-state index in [1.807, 2.05) is 19.0 Å². The predicted octanol–water partition coefficient (Wildman–Crippen LogP) is 1.21. The minimum absolute atomic E-state index is 0.0153. The van der Waals surface area contributed by atoms with Gasteiger partial charge in [0.1, 0.15) is 5.82 Å². The van der Waals surface area contributed by atoms with Crippen molar-refractivity contribution in [2.75, 3.05) is 14.1 Å². The smallest absolute Gasteiger partial charge is 0.328 e. The van der Waals surface area contributed by atoms with Crippen LogP contribution in [0.1, 0.15) is 22.1 Å². The topological polar surface area (TPSA) is 134 Å². The van der Waals surface area contributed by atoms with Crippen molar-refractivity contribution >= 4 is 17.7 Å². The number of aliphatic carboxylic acids is 2. The van der Waals surface area contributed by atoms with E-state index in [1.54, 1.807) is 0 Å². The fourth-order valence-corrected chi connectivity index (χ4v) is 1.55. The van der Waals surface area contributed by atoms with Gasteiger partial charge in [0.05, 0.1) is 6.54 Å². The van der Waals surface area contributed by atoms with Gasteiger partial charge in [0.25, 0.3) is 0 Å². The van der Waals surface area contributed by atoms with Gasteiger partial charge >= 0.3 is 11.9 Å². The molecule has 0 saturated carbocycles. The fourth-order valence-electron chi connectivity index (χ4n) is 1.55. The first-order valence-corrected chi connectivity index (χ1v) is 7.10. The third-order valence-corrected chi connectivity index (χ3v) is 2.60. The number of hydrogen-bond donors (Lipinski definition) is 2. The van der Waals surface area contributed by atoms with Crippen LogP contribution in [0.25, 0.3) is 0 Å². The molecule has 0 aliphatic heterocycles. The molecular formula is C16H16FN3O6. The number of aromatic nitrogens is 2. The van der Waals surface area contributed by atoms with Crippen LogP contribution in [0.4, 0.5) is 4.39 Å². The second kappa shape index (κ2) is 9.79. The van der Waals surface area contributed by atoms with Gasteiger partial charge in [-0.3, -0.25) is 4.79 Å². The number of ketones is 1. The lowest BCUT2D eigenvalue weighted by Gasteiger charge is -2.02. The molecule has 1 heterocycles. The van der Waals surface area contributed by atoms with Crippen molar-refractivity contribution in [1.82, 2.24) is 15.0 Å². The highest BCUT2D eigenvalue weighted by Gasteiger charge is 2.16. The van der Waals surface area contributed by atoms with Gasteiger partial charge < -0.3 is 19.6 Å². The standard InChI is InChI=1S/C12H12FN3O2.C4H4O4/c1-16(2)7-10-14-12(15-18-10)11(17)8-3-5-9(13)6-4-8;5-3(6)1-2-4(7)8/h3-6H,7H2,1-2H3;1-2H,(H,5,6)(H,7,8). The molecule has 9 nitrogen and oxygen atoms in total. The van der Waals surface area contributed by atoms with Crippen LogP contribution >= 0.6 is 0 Å². The van der Waals surface area contributed by atoms with Gasteiger partial charge in [0, 0.05) is 17.7 Å². The minimum atomic E-state index is -1.26. The second-order valence-electron chi connectivity index (χ2n) is 5.10. The van der Waals surface area contributed by atoms with Crippen molar-refractivity contribution in [2.24, 2.45) is 0 Å². The molecule has 0 saturated heterocycles. The Kier molecular flexibility index (Phi) is 7.77. The largest absolute Gasteiger partial charge is 0.478 e. The van der Waals surface area contributed by atoms with Crippen LogP contribution < -0.4 is 0 Å². The summed E-state index contributed by atoms with van der Waals surface area (Å²) in [6.07, 6.45) is 1.12. The molecule has 0 amide bonds. The van der Waals surface area contributed by atoms with E-state index in [9.17, 15) is 18.8 Å².